The molecule has 0 aromatic heterocycles. The van der Waals surface area contributed by atoms with E-state index in [2.05, 4.69) is 0 Å². The van der Waals surface area contributed by atoms with Gasteiger partial charge in [-0.3, -0.25) is 5.50 Å². The third-order valence-corrected chi connectivity index (χ3v) is 5.25. The van der Waals surface area contributed by atoms with Crippen LogP contribution in [0.2, 0.25) is 0 Å². The summed E-state index contributed by atoms with van der Waals surface area (Å²) >= 11 is 0. The summed E-state index contributed by atoms with van der Waals surface area (Å²) in [4.78, 5) is 22.0. The second-order valence-electron chi connectivity index (χ2n) is 6.43. The fourth-order valence-corrected chi connectivity index (χ4v) is 4.13. The molecule has 0 aliphatic carbocycles. The molecule has 28 heavy (non-hydrogen) atoms. The van der Waals surface area contributed by atoms with Crippen LogP contribution in [0.15, 0.2) is 60.7 Å². The zero-order chi connectivity index (χ0) is 19.5. The molecule has 1 spiro atoms. The number of rotatable bonds is 2. The molecule has 0 bridgehead atoms. The monoisotopic (exact) mass is 394 g/mol. The van der Waals surface area contributed by atoms with E-state index < -0.39 is 20.1 Å². The topological polar surface area (TPSA) is 114 Å². The van der Waals surface area contributed by atoms with Crippen LogP contribution in [-0.4, -0.2) is 10.9 Å². The van der Waals surface area contributed by atoms with Crippen molar-refractivity contribution < 1.29 is 28.8 Å². The first kappa shape index (κ1) is 17.0. The van der Waals surface area contributed by atoms with Crippen molar-refractivity contribution in [3.63, 3.8) is 0 Å². The van der Waals surface area contributed by atoms with Gasteiger partial charge in [0.05, 0.1) is 5.56 Å². The lowest BCUT2D eigenvalue weighted by Crippen LogP contribution is -2.33. The molecule has 140 valence electrons. The molecule has 7 nitrogen and oxygen atoms in total. The lowest BCUT2D eigenvalue weighted by molar-refractivity contribution is -0.268. The minimum Gasteiger partial charge on any atom is -0.872 e. The molecule has 0 saturated carbocycles. The van der Waals surface area contributed by atoms with E-state index in [1.54, 1.807) is 36.4 Å². The fraction of sp³-hybridized carbons (Fsp3) is 0.0500. The highest BCUT2D eigenvalue weighted by Gasteiger charge is 2.53. The Kier molecular flexibility index (Phi) is 3.61. The Morgan fingerprint density at radius 3 is 2.50 bits per heavy atom. The summed E-state index contributed by atoms with van der Waals surface area (Å²) in [5.74, 6) is 0.243. The second kappa shape index (κ2) is 5.94. The van der Waals surface area contributed by atoms with Gasteiger partial charge in [0.2, 0.25) is 0 Å². The summed E-state index contributed by atoms with van der Waals surface area (Å²) in [6.07, 6.45) is 0. The van der Waals surface area contributed by atoms with Gasteiger partial charge in [-0.15, -0.1) is 5.75 Å². The van der Waals surface area contributed by atoms with Gasteiger partial charge in [-0.25, -0.2) is 4.79 Å². The lowest BCUT2D eigenvalue weighted by Gasteiger charge is -2.37. The highest BCUT2D eigenvalue weighted by atomic mass is 31.2. The van der Waals surface area contributed by atoms with E-state index >= 15 is 0 Å². The van der Waals surface area contributed by atoms with Crippen molar-refractivity contribution in [2.75, 3.05) is 0 Å². The Hall–Kier alpha value is -3.12. The SMILES string of the molecule is NP(O)Oc1ccc2c(c1)Oc1cc([O-])ccc1C21OC(=O)c2ccccc21. The maximum Gasteiger partial charge on any atom is 0.340 e. The number of hydrogen-bond acceptors (Lipinski definition) is 7. The number of nitrogens with two attached hydrogens (primary N) is 1. The number of hydrogen-bond donors (Lipinski definition) is 2. The largest absolute Gasteiger partial charge is 0.872 e. The smallest absolute Gasteiger partial charge is 0.340 e. The molecular weight excluding hydrogens is 381 g/mol. The van der Waals surface area contributed by atoms with Crippen LogP contribution in [0.4, 0.5) is 0 Å². The first-order chi connectivity index (χ1) is 13.5. The molecule has 3 aromatic rings. The normalized spacial score (nSPS) is 19.9. The van der Waals surface area contributed by atoms with Crippen molar-refractivity contribution in [2.45, 2.75) is 5.60 Å². The minimum absolute atomic E-state index is 0.233. The van der Waals surface area contributed by atoms with E-state index in [9.17, 15) is 14.8 Å². The van der Waals surface area contributed by atoms with Crippen molar-refractivity contribution in [2.24, 2.45) is 5.50 Å². The molecule has 8 heteroatoms. The second-order valence-corrected chi connectivity index (χ2v) is 7.22. The Bertz CT molecular complexity index is 1130. The first-order valence-electron chi connectivity index (χ1n) is 8.37. The molecule has 2 aliphatic heterocycles. The predicted molar refractivity (Wildman–Crippen MR) is 98.1 cm³/mol. The van der Waals surface area contributed by atoms with Crippen molar-refractivity contribution in [3.8, 4) is 23.0 Å². The van der Waals surface area contributed by atoms with E-state index in [0.717, 1.165) is 0 Å². The van der Waals surface area contributed by atoms with Gasteiger partial charge in [0, 0.05) is 22.8 Å². The van der Waals surface area contributed by atoms with Crippen LogP contribution in [0.25, 0.3) is 0 Å². The average Bonchev–Trinajstić information content (AvgIpc) is 2.95. The number of ether oxygens (including phenoxy) is 2. The summed E-state index contributed by atoms with van der Waals surface area (Å²) in [6.45, 7) is 0. The third kappa shape index (κ3) is 2.31. The Balaban J connectivity index is 1.80. The number of carbonyl (C=O) groups excluding carboxylic acids is 1. The number of esters is 1. The predicted octanol–water partition coefficient (Wildman–Crippen LogP) is 2.88. The van der Waals surface area contributed by atoms with E-state index in [1.165, 1.54) is 12.1 Å². The maximum atomic E-state index is 12.6. The van der Waals surface area contributed by atoms with Gasteiger partial charge in [0.15, 0.2) is 5.60 Å². The van der Waals surface area contributed by atoms with Crippen molar-refractivity contribution in [1.29, 1.82) is 0 Å². The average molecular weight is 394 g/mol. The zero-order valence-electron chi connectivity index (χ0n) is 14.3. The standard InChI is InChI=1S/C20H14NO6P/c21-28(24)27-12-6-8-16-18(10-12)25-17-9-11(22)5-7-15(17)20(16)14-4-2-1-3-13(14)19(23)26-20/h1-10,22,24H,21H2/p-1. The fourth-order valence-electron chi connectivity index (χ4n) is 3.80. The molecule has 0 radical (unpaired) electrons. The van der Waals surface area contributed by atoms with Crippen LogP contribution in [0.1, 0.15) is 27.0 Å². The molecular formula is C20H13NO6P-. The van der Waals surface area contributed by atoms with Gasteiger partial charge >= 0.3 is 14.5 Å². The van der Waals surface area contributed by atoms with Crippen LogP contribution in [0.3, 0.4) is 0 Å². The molecule has 2 heterocycles. The van der Waals surface area contributed by atoms with Gasteiger partial charge < -0.3 is 24.0 Å². The number of benzene rings is 3. The lowest BCUT2D eigenvalue weighted by atomic mass is 9.77. The van der Waals surface area contributed by atoms with Crippen LogP contribution in [-0.2, 0) is 10.3 Å². The van der Waals surface area contributed by atoms with Crippen LogP contribution < -0.4 is 19.9 Å². The van der Waals surface area contributed by atoms with E-state index in [0.29, 0.717) is 39.5 Å². The molecule has 0 fully saturated rings. The van der Waals surface area contributed by atoms with Gasteiger partial charge in [-0.1, -0.05) is 30.3 Å². The number of carbonyl (C=O) groups is 1. The highest BCUT2D eigenvalue weighted by molar-refractivity contribution is 7.43. The Morgan fingerprint density at radius 2 is 1.71 bits per heavy atom. The minimum atomic E-state index is -2.11. The molecule has 2 atom stereocenters. The van der Waals surface area contributed by atoms with Gasteiger partial charge in [-0.2, -0.15) is 0 Å². The van der Waals surface area contributed by atoms with Gasteiger partial charge in [0.1, 0.15) is 17.2 Å². The molecule has 3 aromatic carbocycles. The van der Waals surface area contributed by atoms with Gasteiger partial charge in [-0.05, 0) is 24.3 Å². The summed E-state index contributed by atoms with van der Waals surface area (Å²) in [5, 5.41) is 11.9. The summed E-state index contributed by atoms with van der Waals surface area (Å²) in [7, 11) is -2.11. The number of fused-ring (bicyclic) bond motifs is 6. The molecule has 2 unspecified atom stereocenters. The van der Waals surface area contributed by atoms with Crippen LogP contribution in [0, 0.1) is 0 Å². The zero-order valence-corrected chi connectivity index (χ0v) is 15.2. The molecule has 0 amide bonds. The van der Waals surface area contributed by atoms with Crippen molar-refractivity contribution in [3.05, 3.63) is 82.9 Å². The highest BCUT2D eigenvalue weighted by Crippen LogP contribution is 2.57. The Labute approximate surface area is 160 Å². The van der Waals surface area contributed by atoms with Gasteiger partial charge in [0.25, 0.3) is 0 Å². The van der Waals surface area contributed by atoms with Crippen molar-refractivity contribution in [1.82, 2.24) is 0 Å². The third-order valence-electron chi connectivity index (χ3n) is 4.86. The molecule has 0 saturated heterocycles. The first-order valence-corrected chi connectivity index (χ1v) is 9.65. The maximum absolute atomic E-state index is 12.6. The Morgan fingerprint density at radius 1 is 1.00 bits per heavy atom. The molecule has 3 N–H and O–H groups in total. The summed E-state index contributed by atoms with van der Waals surface area (Å²) < 4.78 is 17.1. The molecule has 2 aliphatic rings. The quantitative estimate of drug-likeness (QED) is 0.507. The summed E-state index contributed by atoms with van der Waals surface area (Å²) in [6, 6.07) is 16.4. The van der Waals surface area contributed by atoms with Crippen LogP contribution in [0.5, 0.6) is 23.0 Å². The van der Waals surface area contributed by atoms with E-state index in [-0.39, 0.29) is 5.75 Å². The van der Waals surface area contributed by atoms with Crippen molar-refractivity contribution >= 4 is 14.5 Å². The van der Waals surface area contributed by atoms with E-state index in [1.807, 2.05) is 12.1 Å². The van der Waals surface area contributed by atoms with E-state index in [4.69, 9.17) is 19.5 Å². The van der Waals surface area contributed by atoms with Crippen LogP contribution >= 0.6 is 8.53 Å². The summed E-state index contributed by atoms with van der Waals surface area (Å²) in [5.41, 5.74) is 6.37. The molecule has 5 rings (SSSR count).